The molecule has 104 valence electrons. The highest BCUT2D eigenvalue weighted by Gasteiger charge is 2.29. The van der Waals surface area contributed by atoms with Crippen molar-refractivity contribution in [2.45, 2.75) is 6.42 Å². The molecule has 0 bridgehead atoms. The number of ether oxygens (including phenoxy) is 1. The van der Waals surface area contributed by atoms with Gasteiger partial charge in [-0.15, -0.1) is 0 Å². The van der Waals surface area contributed by atoms with Crippen molar-refractivity contribution in [1.29, 1.82) is 0 Å². The van der Waals surface area contributed by atoms with Crippen LogP contribution in [-0.2, 0) is 6.42 Å². The number of rotatable bonds is 1. The molecule has 0 spiro atoms. The van der Waals surface area contributed by atoms with Crippen LogP contribution in [0.5, 0.6) is 5.75 Å². The molecule has 21 heavy (non-hydrogen) atoms. The molecule has 0 amide bonds. The van der Waals surface area contributed by atoms with E-state index >= 15 is 0 Å². The molecule has 1 heterocycles. The Morgan fingerprint density at radius 1 is 1.19 bits per heavy atom. The molecule has 1 aliphatic rings. The topological polar surface area (TPSA) is 39.4 Å². The van der Waals surface area contributed by atoms with E-state index < -0.39 is 0 Å². The predicted octanol–water partition coefficient (Wildman–Crippen LogP) is 4.23. The summed E-state index contributed by atoms with van der Waals surface area (Å²) in [6.07, 6.45) is 0.583. The van der Waals surface area contributed by atoms with Crippen molar-refractivity contribution in [3.05, 3.63) is 63.9 Å². The van der Waals surface area contributed by atoms with Gasteiger partial charge in [-0.1, -0.05) is 11.6 Å². The zero-order valence-corrected chi connectivity index (χ0v) is 12.0. The van der Waals surface area contributed by atoms with Crippen LogP contribution >= 0.6 is 11.6 Å². The Labute approximate surface area is 126 Å². The van der Waals surface area contributed by atoms with E-state index in [9.17, 15) is 4.79 Å². The number of furan rings is 1. The quantitative estimate of drug-likeness (QED) is 0.528. The SMILES string of the molecule is COc1ccc2c(c1)Cc1oc3cc(Cl)ccc3c1C2=O. The van der Waals surface area contributed by atoms with Crippen molar-refractivity contribution < 1.29 is 13.9 Å². The second kappa shape index (κ2) is 4.37. The lowest BCUT2D eigenvalue weighted by atomic mass is 9.88. The average molecular weight is 299 g/mol. The van der Waals surface area contributed by atoms with Crippen LogP contribution in [-0.4, -0.2) is 12.9 Å². The predicted molar refractivity (Wildman–Crippen MR) is 80.5 cm³/mol. The average Bonchev–Trinajstić information content (AvgIpc) is 2.84. The Morgan fingerprint density at radius 2 is 2.05 bits per heavy atom. The van der Waals surface area contributed by atoms with E-state index in [4.69, 9.17) is 20.8 Å². The highest BCUT2D eigenvalue weighted by atomic mass is 35.5. The third-order valence-corrected chi connectivity index (χ3v) is 4.10. The van der Waals surface area contributed by atoms with E-state index in [2.05, 4.69) is 0 Å². The maximum Gasteiger partial charge on any atom is 0.197 e. The normalized spacial score (nSPS) is 13.1. The number of carbonyl (C=O) groups excluding carboxylic acids is 1. The monoisotopic (exact) mass is 298 g/mol. The molecule has 0 atom stereocenters. The highest BCUT2D eigenvalue weighted by molar-refractivity contribution is 6.31. The van der Waals surface area contributed by atoms with Crippen LogP contribution in [0.1, 0.15) is 27.2 Å². The number of methoxy groups -OCH3 is 1. The number of fused-ring (bicyclic) bond motifs is 4. The molecule has 3 aromatic rings. The summed E-state index contributed by atoms with van der Waals surface area (Å²) < 4.78 is 11.0. The number of hydrogen-bond donors (Lipinski definition) is 0. The first kappa shape index (κ1) is 12.5. The third-order valence-electron chi connectivity index (χ3n) is 3.86. The van der Waals surface area contributed by atoms with Crippen molar-refractivity contribution in [2.75, 3.05) is 7.11 Å². The van der Waals surface area contributed by atoms with Gasteiger partial charge in [-0.05, 0) is 35.9 Å². The number of halogens is 1. The Balaban J connectivity index is 1.95. The standard InChI is InChI=1S/C17H11ClO3/c1-20-11-3-5-12-9(6-11)7-15-16(17(12)19)13-4-2-10(18)8-14(13)21-15/h2-6,8H,7H2,1H3. The van der Waals surface area contributed by atoms with Crippen molar-refractivity contribution in [3.8, 4) is 5.75 Å². The fourth-order valence-electron chi connectivity index (χ4n) is 2.87. The van der Waals surface area contributed by atoms with E-state index in [0.29, 0.717) is 33.9 Å². The van der Waals surface area contributed by atoms with Gasteiger partial charge in [-0.25, -0.2) is 0 Å². The Hall–Kier alpha value is -2.26. The largest absolute Gasteiger partial charge is 0.497 e. The van der Waals surface area contributed by atoms with E-state index in [1.807, 2.05) is 18.2 Å². The number of benzene rings is 2. The van der Waals surface area contributed by atoms with E-state index in [0.717, 1.165) is 16.7 Å². The number of hydrogen-bond acceptors (Lipinski definition) is 3. The molecule has 0 fully saturated rings. The van der Waals surface area contributed by atoms with Gasteiger partial charge in [0.1, 0.15) is 17.1 Å². The summed E-state index contributed by atoms with van der Waals surface area (Å²) in [4.78, 5) is 12.7. The molecule has 0 unspecified atom stereocenters. The van der Waals surface area contributed by atoms with Crippen LogP contribution in [0.3, 0.4) is 0 Å². The molecule has 0 radical (unpaired) electrons. The van der Waals surface area contributed by atoms with Gasteiger partial charge in [-0.2, -0.15) is 0 Å². The zero-order valence-electron chi connectivity index (χ0n) is 11.3. The lowest BCUT2D eigenvalue weighted by molar-refractivity contribution is 0.103. The molecule has 0 saturated carbocycles. The van der Waals surface area contributed by atoms with Gasteiger partial charge >= 0.3 is 0 Å². The lowest BCUT2D eigenvalue weighted by Crippen LogP contribution is -2.13. The minimum Gasteiger partial charge on any atom is -0.497 e. The molecule has 0 N–H and O–H groups in total. The zero-order chi connectivity index (χ0) is 14.6. The first-order valence-electron chi connectivity index (χ1n) is 6.60. The maximum atomic E-state index is 12.7. The molecule has 1 aliphatic carbocycles. The molecule has 2 aromatic carbocycles. The fraction of sp³-hybridized carbons (Fsp3) is 0.118. The molecule has 1 aromatic heterocycles. The van der Waals surface area contributed by atoms with Crippen LogP contribution in [0.2, 0.25) is 5.02 Å². The fourth-order valence-corrected chi connectivity index (χ4v) is 3.03. The second-order valence-electron chi connectivity index (χ2n) is 5.07. The van der Waals surface area contributed by atoms with Gasteiger partial charge in [0, 0.05) is 28.5 Å². The van der Waals surface area contributed by atoms with E-state index in [1.54, 1.807) is 25.3 Å². The third kappa shape index (κ3) is 1.78. The minimum atomic E-state index is -0.00465. The molecule has 3 nitrogen and oxygen atoms in total. The van der Waals surface area contributed by atoms with Crippen molar-refractivity contribution in [1.82, 2.24) is 0 Å². The van der Waals surface area contributed by atoms with Gasteiger partial charge in [0.25, 0.3) is 0 Å². The van der Waals surface area contributed by atoms with Crippen molar-refractivity contribution in [2.24, 2.45) is 0 Å². The molecule has 0 aliphatic heterocycles. The maximum absolute atomic E-state index is 12.7. The molecular formula is C17H11ClO3. The first-order chi connectivity index (χ1) is 10.2. The summed E-state index contributed by atoms with van der Waals surface area (Å²) in [7, 11) is 1.61. The van der Waals surface area contributed by atoms with Gasteiger partial charge < -0.3 is 9.15 Å². The van der Waals surface area contributed by atoms with Crippen LogP contribution in [0, 0.1) is 0 Å². The summed E-state index contributed by atoms with van der Waals surface area (Å²) in [6.45, 7) is 0. The van der Waals surface area contributed by atoms with E-state index in [1.165, 1.54) is 0 Å². The second-order valence-corrected chi connectivity index (χ2v) is 5.51. The Morgan fingerprint density at radius 3 is 2.86 bits per heavy atom. The molecule has 4 heteroatoms. The van der Waals surface area contributed by atoms with Crippen LogP contribution < -0.4 is 4.74 Å². The van der Waals surface area contributed by atoms with Crippen LogP contribution in [0.4, 0.5) is 0 Å². The number of ketones is 1. The van der Waals surface area contributed by atoms with Gasteiger partial charge in [-0.3, -0.25) is 4.79 Å². The number of carbonyl (C=O) groups is 1. The molecule has 4 rings (SSSR count). The van der Waals surface area contributed by atoms with Gasteiger partial charge in [0.15, 0.2) is 5.78 Å². The van der Waals surface area contributed by atoms with Crippen LogP contribution in [0.15, 0.2) is 40.8 Å². The van der Waals surface area contributed by atoms with Gasteiger partial charge in [0.2, 0.25) is 0 Å². The minimum absolute atomic E-state index is 0.00465. The lowest BCUT2D eigenvalue weighted by Gasteiger charge is -2.15. The van der Waals surface area contributed by atoms with Crippen LogP contribution in [0.25, 0.3) is 11.0 Å². The van der Waals surface area contributed by atoms with E-state index in [-0.39, 0.29) is 5.78 Å². The Bertz CT molecular complexity index is 892. The molecular weight excluding hydrogens is 288 g/mol. The smallest absolute Gasteiger partial charge is 0.197 e. The summed E-state index contributed by atoms with van der Waals surface area (Å²) in [6, 6.07) is 10.9. The summed E-state index contributed by atoms with van der Waals surface area (Å²) in [5.74, 6) is 1.43. The van der Waals surface area contributed by atoms with Crippen molar-refractivity contribution >= 4 is 28.4 Å². The molecule has 0 saturated heterocycles. The summed E-state index contributed by atoms with van der Waals surface area (Å²) in [5.41, 5.74) is 2.94. The van der Waals surface area contributed by atoms with Gasteiger partial charge in [0.05, 0.1) is 12.7 Å². The Kier molecular flexibility index (Phi) is 2.59. The first-order valence-corrected chi connectivity index (χ1v) is 6.97. The summed E-state index contributed by atoms with van der Waals surface area (Å²) in [5, 5.41) is 1.42. The highest BCUT2D eigenvalue weighted by Crippen LogP contribution is 2.36. The van der Waals surface area contributed by atoms with Crippen molar-refractivity contribution in [3.63, 3.8) is 0 Å². The summed E-state index contributed by atoms with van der Waals surface area (Å²) >= 11 is 5.99.